The molecule has 0 aliphatic carbocycles. The van der Waals surface area contributed by atoms with Gasteiger partial charge in [-0.15, -0.1) is 11.8 Å². The van der Waals surface area contributed by atoms with Crippen molar-refractivity contribution >= 4 is 29.3 Å². The van der Waals surface area contributed by atoms with Crippen molar-refractivity contribution in [1.29, 1.82) is 0 Å². The summed E-state index contributed by atoms with van der Waals surface area (Å²) in [4.78, 5) is 27.3. The van der Waals surface area contributed by atoms with E-state index in [4.69, 9.17) is 0 Å². The molecule has 1 N–H and O–H groups in total. The second kappa shape index (κ2) is 8.72. The summed E-state index contributed by atoms with van der Waals surface area (Å²) < 4.78 is 0. The maximum Gasteiger partial charge on any atom is 0.240 e. The first-order valence-electron chi connectivity index (χ1n) is 8.57. The Morgan fingerprint density at radius 1 is 1.08 bits per heavy atom. The lowest BCUT2D eigenvalue weighted by Crippen LogP contribution is -2.41. The summed E-state index contributed by atoms with van der Waals surface area (Å²) in [6.45, 7) is 0.702. The van der Waals surface area contributed by atoms with Crippen LogP contribution in [0.5, 0.6) is 0 Å². The average molecular weight is 354 g/mol. The number of carbonyl (C=O) groups is 2. The van der Waals surface area contributed by atoms with E-state index in [-0.39, 0.29) is 18.4 Å². The Balaban J connectivity index is 1.52. The predicted molar refractivity (Wildman–Crippen MR) is 102 cm³/mol. The summed E-state index contributed by atoms with van der Waals surface area (Å²) in [6, 6.07) is 18.0. The molecule has 0 saturated carbocycles. The molecule has 0 bridgehead atoms. The Bertz CT molecular complexity index is 733. The van der Waals surface area contributed by atoms with Gasteiger partial charge in [0.05, 0.1) is 5.69 Å². The first-order chi connectivity index (χ1) is 12.2. The largest absolute Gasteiger partial charge is 0.355 e. The number of hydrogen-bond donors (Lipinski definition) is 1. The molecule has 0 fully saturated rings. The molecule has 25 heavy (non-hydrogen) atoms. The number of hydrogen-bond acceptors (Lipinski definition) is 3. The van der Waals surface area contributed by atoms with Crippen LogP contribution < -0.4 is 10.2 Å². The van der Waals surface area contributed by atoms with Crippen LogP contribution in [0.25, 0.3) is 0 Å². The molecular weight excluding hydrogens is 332 g/mol. The Hall–Kier alpha value is -2.27. The lowest BCUT2D eigenvalue weighted by molar-refractivity contribution is -0.123. The van der Waals surface area contributed by atoms with Gasteiger partial charge >= 0.3 is 0 Å². The minimum atomic E-state index is -0.108. The lowest BCUT2D eigenvalue weighted by atomic mass is 10.1. The van der Waals surface area contributed by atoms with Crippen LogP contribution in [0.15, 0.2) is 59.5 Å². The second-order valence-electron chi connectivity index (χ2n) is 5.99. The number of carbonyl (C=O) groups excluding carboxylic acids is 2. The van der Waals surface area contributed by atoms with Gasteiger partial charge in [0, 0.05) is 23.6 Å². The van der Waals surface area contributed by atoms with E-state index in [1.54, 1.807) is 16.7 Å². The fraction of sp³-hybridized carbons (Fsp3) is 0.300. The number of nitrogens with zero attached hydrogens (tertiary/aromatic N) is 1. The molecule has 0 unspecified atom stereocenters. The number of amides is 2. The smallest absolute Gasteiger partial charge is 0.240 e. The molecule has 2 amide bonds. The zero-order chi connectivity index (χ0) is 17.5. The lowest BCUT2D eigenvalue weighted by Gasteiger charge is -2.22. The van der Waals surface area contributed by atoms with Crippen LogP contribution in [-0.4, -0.2) is 30.7 Å². The number of nitrogens with one attached hydrogen (secondary N) is 1. The molecule has 0 spiro atoms. The second-order valence-corrected chi connectivity index (χ2v) is 7.12. The Morgan fingerprint density at radius 3 is 2.68 bits per heavy atom. The summed E-state index contributed by atoms with van der Waals surface area (Å²) in [5, 5.41) is 2.93. The third-order valence-electron chi connectivity index (χ3n) is 4.14. The van der Waals surface area contributed by atoms with E-state index < -0.39 is 0 Å². The van der Waals surface area contributed by atoms with Gasteiger partial charge in [-0.05, 0) is 30.5 Å². The molecule has 0 saturated heterocycles. The van der Waals surface area contributed by atoms with Crippen molar-refractivity contribution in [2.24, 2.45) is 0 Å². The molecule has 0 radical (unpaired) electrons. The molecular formula is C20H22N2O2S. The molecule has 2 aromatic carbocycles. The van der Waals surface area contributed by atoms with Crippen LogP contribution in [-0.2, 0) is 16.0 Å². The van der Waals surface area contributed by atoms with Gasteiger partial charge in [0.15, 0.2) is 0 Å². The van der Waals surface area contributed by atoms with Gasteiger partial charge in [-0.2, -0.15) is 0 Å². The van der Waals surface area contributed by atoms with E-state index in [0.717, 1.165) is 29.2 Å². The van der Waals surface area contributed by atoms with Crippen molar-refractivity contribution in [3.63, 3.8) is 0 Å². The van der Waals surface area contributed by atoms with E-state index in [9.17, 15) is 9.59 Å². The van der Waals surface area contributed by atoms with E-state index in [1.807, 2.05) is 42.5 Å². The normalized spacial score (nSPS) is 13.9. The molecule has 1 aliphatic heterocycles. The number of aryl methyl sites for hydroxylation is 1. The van der Waals surface area contributed by atoms with Crippen LogP contribution in [0.2, 0.25) is 0 Å². The Kier molecular flexibility index (Phi) is 6.12. The zero-order valence-electron chi connectivity index (χ0n) is 14.1. The van der Waals surface area contributed by atoms with Gasteiger partial charge in [0.2, 0.25) is 11.8 Å². The highest BCUT2D eigenvalue weighted by atomic mass is 32.2. The van der Waals surface area contributed by atoms with Crippen molar-refractivity contribution in [2.45, 2.75) is 24.2 Å². The Morgan fingerprint density at radius 2 is 1.84 bits per heavy atom. The molecule has 1 aliphatic rings. The minimum absolute atomic E-state index is 0.0110. The highest BCUT2D eigenvalue weighted by molar-refractivity contribution is 7.99. The van der Waals surface area contributed by atoms with E-state index in [0.29, 0.717) is 13.0 Å². The van der Waals surface area contributed by atoms with E-state index in [1.165, 1.54) is 5.56 Å². The molecule has 0 aromatic heterocycles. The molecule has 1 heterocycles. The number of thioether (sulfide) groups is 1. The van der Waals surface area contributed by atoms with Crippen LogP contribution in [0.1, 0.15) is 18.4 Å². The van der Waals surface area contributed by atoms with E-state index >= 15 is 0 Å². The minimum Gasteiger partial charge on any atom is -0.355 e. The molecule has 130 valence electrons. The summed E-state index contributed by atoms with van der Waals surface area (Å²) >= 11 is 1.67. The predicted octanol–water partition coefficient (Wildman–Crippen LogP) is 3.26. The standard InChI is InChI=1S/C20H22N2O2S/c23-19(21-13-6-9-16-7-2-1-3-8-16)15-22-17-10-4-5-11-18(17)25-14-12-20(22)24/h1-5,7-8,10-11H,6,9,12-15H2,(H,21,23). The van der Waals surface area contributed by atoms with E-state index in [2.05, 4.69) is 17.4 Å². The molecule has 2 aromatic rings. The van der Waals surface area contributed by atoms with Gasteiger partial charge in [0.1, 0.15) is 6.54 Å². The molecule has 5 heteroatoms. The van der Waals surface area contributed by atoms with Crippen molar-refractivity contribution in [3.05, 3.63) is 60.2 Å². The monoisotopic (exact) mass is 354 g/mol. The summed E-state index contributed by atoms with van der Waals surface area (Å²) in [7, 11) is 0. The SMILES string of the molecule is O=C(CN1C(=O)CCSc2ccccc21)NCCCc1ccccc1. The van der Waals surface area contributed by atoms with Crippen LogP contribution in [0.3, 0.4) is 0 Å². The zero-order valence-corrected chi connectivity index (χ0v) is 14.9. The number of anilines is 1. The third-order valence-corrected chi connectivity index (χ3v) is 5.20. The molecule has 4 nitrogen and oxygen atoms in total. The quantitative estimate of drug-likeness (QED) is 0.810. The van der Waals surface area contributed by atoms with Crippen molar-refractivity contribution in [2.75, 3.05) is 23.7 Å². The summed E-state index contributed by atoms with van der Waals surface area (Å²) in [6.07, 6.45) is 2.28. The van der Waals surface area contributed by atoms with Gasteiger partial charge in [-0.1, -0.05) is 42.5 Å². The van der Waals surface area contributed by atoms with Crippen molar-refractivity contribution in [3.8, 4) is 0 Å². The van der Waals surface area contributed by atoms with Crippen LogP contribution in [0, 0.1) is 0 Å². The summed E-state index contributed by atoms with van der Waals surface area (Å²) in [5.41, 5.74) is 2.11. The highest BCUT2D eigenvalue weighted by Crippen LogP contribution is 2.33. The Labute approximate surface area is 152 Å². The highest BCUT2D eigenvalue weighted by Gasteiger charge is 2.24. The fourth-order valence-electron chi connectivity index (χ4n) is 2.86. The molecule has 3 rings (SSSR count). The number of fused-ring (bicyclic) bond motifs is 1. The fourth-order valence-corrected chi connectivity index (χ4v) is 3.86. The average Bonchev–Trinajstić information content (AvgIpc) is 2.79. The van der Waals surface area contributed by atoms with Gasteiger partial charge in [-0.3, -0.25) is 9.59 Å². The molecule has 0 atom stereocenters. The van der Waals surface area contributed by atoms with Crippen LogP contribution >= 0.6 is 11.8 Å². The van der Waals surface area contributed by atoms with Crippen molar-refractivity contribution in [1.82, 2.24) is 5.32 Å². The van der Waals surface area contributed by atoms with Gasteiger partial charge < -0.3 is 10.2 Å². The number of benzene rings is 2. The maximum absolute atomic E-state index is 12.4. The topological polar surface area (TPSA) is 49.4 Å². The maximum atomic E-state index is 12.4. The van der Waals surface area contributed by atoms with Gasteiger partial charge in [0.25, 0.3) is 0 Å². The number of para-hydroxylation sites is 1. The van der Waals surface area contributed by atoms with Crippen LogP contribution in [0.4, 0.5) is 5.69 Å². The first kappa shape index (κ1) is 17.5. The summed E-state index contributed by atoms with van der Waals surface area (Å²) in [5.74, 6) is 0.658. The first-order valence-corrected chi connectivity index (χ1v) is 9.55. The number of rotatable bonds is 6. The van der Waals surface area contributed by atoms with Gasteiger partial charge in [-0.25, -0.2) is 0 Å². The third kappa shape index (κ3) is 4.86. The van der Waals surface area contributed by atoms with Crippen molar-refractivity contribution < 1.29 is 9.59 Å².